The summed E-state index contributed by atoms with van der Waals surface area (Å²) in [4.78, 5) is 0. The van der Waals surface area contributed by atoms with E-state index in [4.69, 9.17) is 33.7 Å². The summed E-state index contributed by atoms with van der Waals surface area (Å²) in [6, 6.07) is 13.6. The van der Waals surface area contributed by atoms with Gasteiger partial charge in [-0.15, -0.1) is 0 Å². The van der Waals surface area contributed by atoms with Gasteiger partial charge in [0.15, 0.2) is 0 Å². The van der Waals surface area contributed by atoms with Crippen molar-refractivity contribution in [3.8, 4) is 5.75 Å². The zero-order valence-electron chi connectivity index (χ0n) is 11.3. The van der Waals surface area contributed by atoms with Crippen molar-refractivity contribution in [2.45, 2.75) is 12.3 Å². The van der Waals surface area contributed by atoms with E-state index >= 15 is 0 Å². The molecule has 1 unspecified atom stereocenters. The third kappa shape index (κ3) is 3.26. The van der Waals surface area contributed by atoms with Crippen LogP contribution in [0.3, 0.4) is 0 Å². The first-order valence-electron chi connectivity index (χ1n) is 6.43. The first-order chi connectivity index (χ1) is 9.67. The number of methoxy groups -OCH3 is 1. The highest BCUT2D eigenvalue weighted by molar-refractivity contribution is 6.42. The first kappa shape index (κ1) is 15.2. The Labute approximate surface area is 129 Å². The molecule has 0 heterocycles. The number of hydrogen-bond donors (Lipinski definition) is 1. The van der Waals surface area contributed by atoms with E-state index < -0.39 is 0 Å². The van der Waals surface area contributed by atoms with Crippen LogP contribution in [0.2, 0.25) is 10.0 Å². The number of benzene rings is 2. The summed E-state index contributed by atoms with van der Waals surface area (Å²) in [6.45, 7) is 0.517. The van der Waals surface area contributed by atoms with Crippen LogP contribution in [0.25, 0.3) is 0 Å². The summed E-state index contributed by atoms with van der Waals surface area (Å²) in [5, 5.41) is 1.17. The van der Waals surface area contributed by atoms with E-state index in [1.54, 1.807) is 13.2 Å². The van der Waals surface area contributed by atoms with Crippen molar-refractivity contribution >= 4 is 23.2 Å². The molecule has 2 N–H and O–H groups in total. The van der Waals surface area contributed by atoms with E-state index in [0.29, 0.717) is 16.6 Å². The molecule has 2 rings (SSSR count). The van der Waals surface area contributed by atoms with Crippen LogP contribution in [0, 0.1) is 0 Å². The van der Waals surface area contributed by atoms with Gasteiger partial charge in [0.05, 0.1) is 17.2 Å². The van der Waals surface area contributed by atoms with Gasteiger partial charge in [0.25, 0.3) is 0 Å². The lowest BCUT2D eigenvalue weighted by Crippen LogP contribution is -2.16. The lowest BCUT2D eigenvalue weighted by atomic mass is 9.91. The van der Waals surface area contributed by atoms with Gasteiger partial charge < -0.3 is 10.5 Å². The molecule has 0 amide bonds. The predicted molar refractivity (Wildman–Crippen MR) is 85.0 cm³/mol. The molecule has 0 bridgehead atoms. The molecule has 0 spiro atoms. The highest BCUT2D eigenvalue weighted by Crippen LogP contribution is 2.32. The van der Waals surface area contributed by atoms with Gasteiger partial charge in [-0.05, 0) is 36.2 Å². The smallest absolute Gasteiger partial charge is 0.122 e. The van der Waals surface area contributed by atoms with Gasteiger partial charge in [0.1, 0.15) is 5.75 Å². The second kappa shape index (κ2) is 6.98. The molecule has 0 aromatic heterocycles. The summed E-state index contributed by atoms with van der Waals surface area (Å²) in [5.41, 5.74) is 8.02. The Morgan fingerprint density at radius 3 is 2.55 bits per heavy atom. The van der Waals surface area contributed by atoms with Gasteiger partial charge in [-0.3, -0.25) is 0 Å². The van der Waals surface area contributed by atoms with Gasteiger partial charge in [-0.2, -0.15) is 0 Å². The lowest BCUT2D eigenvalue weighted by Gasteiger charge is -2.19. The maximum absolute atomic E-state index is 6.25. The van der Waals surface area contributed by atoms with Crippen molar-refractivity contribution in [2.24, 2.45) is 5.73 Å². The summed E-state index contributed by atoms with van der Waals surface area (Å²) < 4.78 is 5.41. The molecule has 0 aliphatic rings. The molecule has 0 saturated carbocycles. The molecule has 0 fully saturated rings. The molecule has 0 saturated heterocycles. The number of para-hydroxylation sites is 1. The van der Waals surface area contributed by atoms with Crippen LogP contribution >= 0.6 is 23.2 Å². The first-order valence-corrected chi connectivity index (χ1v) is 7.18. The van der Waals surface area contributed by atoms with Crippen LogP contribution in [0.5, 0.6) is 5.75 Å². The van der Waals surface area contributed by atoms with Crippen LogP contribution in [-0.4, -0.2) is 13.7 Å². The van der Waals surface area contributed by atoms with Crippen molar-refractivity contribution in [3.63, 3.8) is 0 Å². The molecule has 106 valence electrons. The third-order valence-corrected chi connectivity index (χ3v) is 4.22. The minimum absolute atomic E-state index is 0.141. The van der Waals surface area contributed by atoms with E-state index in [-0.39, 0.29) is 5.92 Å². The number of nitrogens with two attached hydrogens (primary N) is 1. The third-order valence-electron chi connectivity index (χ3n) is 3.36. The number of rotatable bonds is 5. The summed E-state index contributed by atoms with van der Waals surface area (Å²) in [6.07, 6.45) is 0.732. The molecule has 20 heavy (non-hydrogen) atoms. The minimum Gasteiger partial charge on any atom is -0.496 e. The second-order valence-electron chi connectivity index (χ2n) is 4.59. The summed E-state index contributed by atoms with van der Waals surface area (Å²) in [5.74, 6) is 0.989. The number of halogens is 2. The maximum atomic E-state index is 6.25. The number of ether oxygens (including phenoxy) is 1. The van der Waals surface area contributed by atoms with Crippen molar-refractivity contribution in [3.05, 3.63) is 63.6 Å². The van der Waals surface area contributed by atoms with Gasteiger partial charge in [-0.1, -0.05) is 53.5 Å². The Morgan fingerprint density at radius 2 is 1.85 bits per heavy atom. The molecule has 4 heteroatoms. The fourth-order valence-corrected chi connectivity index (χ4v) is 2.69. The SMILES string of the molecule is COc1ccccc1C(CN)Cc1cccc(Cl)c1Cl. The average molecular weight is 310 g/mol. The fraction of sp³-hybridized carbons (Fsp3) is 0.250. The van der Waals surface area contributed by atoms with Crippen LogP contribution in [0.4, 0.5) is 0 Å². The number of hydrogen-bond acceptors (Lipinski definition) is 2. The average Bonchev–Trinajstić information content (AvgIpc) is 2.49. The van der Waals surface area contributed by atoms with Crippen molar-refractivity contribution in [2.75, 3.05) is 13.7 Å². The van der Waals surface area contributed by atoms with E-state index in [1.807, 2.05) is 36.4 Å². The Balaban J connectivity index is 2.31. The van der Waals surface area contributed by atoms with Crippen molar-refractivity contribution in [1.29, 1.82) is 0 Å². The highest BCUT2D eigenvalue weighted by Gasteiger charge is 2.17. The van der Waals surface area contributed by atoms with Crippen molar-refractivity contribution in [1.82, 2.24) is 0 Å². The van der Waals surface area contributed by atoms with Gasteiger partial charge in [-0.25, -0.2) is 0 Å². The van der Waals surface area contributed by atoms with Crippen molar-refractivity contribution < 1.29 is 4.74 Å². The van der Waals surface area contributed by atoms with E-state index in [2.05, 4.69) is 0 Å². The molecule has 1 atom stereocenters. The predicted octanol–water partition coefficient (Wildman–Crippen LogP) is 4.29. The maximum Gasteiger partial charge on any atom is 0.122 e. The highest BCUT2D eigenvalue weighted by atomic mass is 35.5. The molecular weight excluding hydrogens is 293 g/mol. The molecular formula is C16H17Cl2NO. The molecule has 2 aromatic carbocycles. The Hall–Kier alpha value is -1.22. The van der Waals surface area contributed by atoms with E-state index in [9.17, 15) is 0 Å². The Morgan fingerprint density at radius 1 is 1.10 bits per heavy atom. The lowest BCUT2D eigenvalue weighted by molar-refractivity contribution is 0.405. The Kier molecular flexibility index (Phi) is 5.30. The molecule has 0 aliphatic carbocycles. The van der Waals surface area contributed by atoms with Gasteiger partial charge in [0, 0.05) is 5.92 Å². The topological polar surface area (TPSA) is 35.2 Å². The zero-order chi connectivity index (χ0) is 14.5. The van der Waals surface area contributed by atoms with Crippen LogP contribution in [-0.2, 0) is 6.42 Å². The van der Waals surface area contributed by atoms with E-state index in [0.717, 1.165) is 23.3 Å². The largest absolute Gasteiger partial charge is 0.496 e. The standard InChI is InChI=1S/C16H17Cl2NO/c1-20-15-8-3-2-6-13(15)12(10-19)9-11-5-4-7-14(17)16(11)18/h2-8,12H,9-10,19H2,1H3. The van der Waals surface area contributed by atoms with Gasteiger partial charge >= 0.3 is 0 Å². The summed E-state index contributed by atoms with van der Waals surface area (Å²) in [7, 11) is 1.67. The fourth-order valence-electron chi connectivity index (χ4n) is 2.30. The van der Waals surface area contributed by atoms with Crippen LogP contribution < -0.4 is 10.5 Å². The Bertz CT molecular complexity index is 586. The molecule has 0 radical (unpaired) electrons. The van der Waals surface area contributed by atoms with Gasteiger partial charge in [0.2, 0.25) is 0 Å². The summed E-state index contributed by atoms with van der Waals surface area (Å²) >= 11 is 12.3. The normalized spacial score (nSPS) is 12.2. The second-order valence-corrected chi connectivity index (χ2v) is 5.38. The molecule has 2 aromatic rings. The minimum atomic E-state index is 0.141. The quantitative estimate of drug-likeness (QED) is 0.894. The zero-order valence-corrected chi connectivity index (χ0v) is 12.8. The van der Waals surface area contributed by atoms with E-state index in [1.165, 1.54) is 0 Å². The molecule has 2 nitrogen and oxygen atoms in total. The van der Waals surface area contributed by atoms with Crippen LogP contribution in [0.1, 0.15) is 17.0 Å². The van der Waals surface area contributed by atoms with Crippen LogP contribution in [0.15, 0.2) is 42.5 Å². The molecule has 0 aliphatic heterocycles. The monoisotopic (exact) mass is 309 g/mol.